The minimum absolute atomic E-state index is 0.633. The fourth-order valence-electron chi connectivity index (χ4n) is 1.08. The van der Waals surface area contributed by atoms with Crippen LogP contribution < -0.4 is 4.74 Å². The number of hydrogen-bond donors (Lipinski definition) is 0. The zero-order chi connectivity index (χ0) is 10.1. The number of ether oxygens (including phenoxy) is 2. The molecule has 0 N–H and O–H groups in total. The van der Waals surface area contributed by atoms with E-state index in [1.165, 1.54) is 6.42 Å². The van der Waals surface area contributed by atoms with Crippen LogP contribution in [0, 0.1) is 0 Å². The summed E-state index contributed by atoms with van der Waals surface area (Å²) in [6, 6.07) is 9.81. The molecule has 0 spiro atoms. The Balaban J connectivity index is 1.99. The maximum atomic E-state index is 5.46. The second-order valence-electron chi connectivity index (χ2n) is 3.13. The van der Waals surface area contributed by atoms with E-state index in [9.17, 15) is 0 Å². The van der Waals surface area contributed by atoms with E-state index in [4.69, 9.17) is 9.47 Å². The Morgan fingerprint density at radius 3 is 2.50 bits per heavy atom. The van der Waals surface area contributed by atoms with Gasteiger partial charge in [0.1, 0.15) is 12.4 Å². The lowest BCUT2D eigenvalue weighted by Crippen LogP contribution is -2.07. The largest absolute Gasteiger partial charge is 0.491 e. The zero-order valence-corrected chi connectivity index (χ0v) is 8.74. The Hall–Kier alpha value is -1.02. The number of unbranched alkanes of at least 4 members (excludes halogenated alkanes) is 1. The third-order valence-electron chi connectivity index (χ3n) is 1.88. The van der Waals surface area contributed by atoms with E-state index in [1.54, 1.807) is 0 Å². The van der Waals surface area contributed by atoms with Crippen molar-refractivity contribution < 1.29 is 9.47 Å². The summed E-state index contributed by atoms with van der Waals surface area (Å²) >= 11 is 0. The van der Waals surface area contributed by atoms with Gasteiger partial charge in [-0.3, -0.25) is 0 Å². The molecule has 2 heteroatoms. The van der Waals surface area contributed by atoms with Gasteiger partial charge in [0.15, 0.2) is 0 Å². The Bertz CT molecular complexity index is 221. The molecule has 0 unspecified atom stereocenters. The zero-order valence-electron chi connectivity index (χ0n) is 8.74. The maximum Gasteiger partial charge on any atom is 0.119 e. The van der Waals surface area contributed by atoms with E-state index in [1.807, 2.05) is 30.3 Å². The van der Waals surface area contributed by atoms with Crippen LogP contribution >= 0.6 is 0 Å². The molecule has 0 radical (unpaired) electrons. The Morgan fingerprint density at radius 1 is 1.00 bits per heavy atom. The molecule has 1 aromatic rings. The predicted octanol–water partition coefficient (Wildman–Crippen LogP) is 2.88. The van der Waals surface area contributed by atoms with E-state index in [0.717, 1.165) is 18.8 Å². The number of rotatable bonds is 7. The first-order valence-electron chi connectivity index (χ1n) is 5.19. The molecule has 0 aromatic heterocycles. The minimum atomic E-state index is 0.633. The summed E-state index contributed by atoms with van der Waals surface area (Å²) < 4.78 is 10.8. The monoisotopic (exact) mass is 194 g/mol. The van der Waals surface area contributed by atoms with Gasteiger partial charge in [-0.25, -0.2) is 0 Å². The normalized spacial score (nSPS) is 10.1. The van der Waals surface area contributed by atoms with Crippen LogP contribution in [0.3, 0.4) is 0 Å². The van der Waals surface area contributed by atoms with Gasteiger partial charge < -0.3 is 9.47 Å². The molecule has 0 heterocycles. The molecule has 0 bridgehead atoms. The van der Waals surface area contributed by atoms with Crippen molar-refractivity contribution in [3.63, 3.8) is 0 Å². The Labute approximate surface area is 85.8 Å². The van der Waals surface area contributed by atoms with Gasteiger partial charge >= 0.3 is 0 Å². The molecule has 78 valence electrons. The molecule has 0 fully saturated rings. The highest BCUT2D eigenvalue weighted by Crippen LogP contribution is 2.07. The molecule has 0 aliphatic rings. The van der Waals surface area contributed by atoms with Crippen LogP contribution in [0.4, 0.5) is 0 Å². The van der Waals surface area contributed by atoms with Gasteiger partial charge in [-0.1, -0.05) is 31.5 Å². The molecule has 0 amide bonds. The van der Waals surface area contributed by atoms with Gasteiger partial charge in [0.2, 0.25) is 0 Å². The van der Waals surface area contributed by atoms with Gasteiger partial charge in [0, 0.05) is 6.61 Å². The van der Waals surface area contributed by atoms with Crippen molar-refractivity contribution in [2.75, 3.05) is 19.8 Å². The van der Waals surface area contributed by atoms with Gasteiger partial charge in [-0.05, 0) is 18.6 Å². The Kier molecular flexibility index (Phi) is 5.84. The van der Waals surface area contributed by atoms with E-state index in [-0.39, 0.29) is 0 Å². The lowest BCUT2D eigenvalue weighted by Gasteiger charge is -2.06. The van der Waals surface area contributed by atoms with Gasteiger partial charge in [0.25, 0.3) is 0 Å². The first-order valence-corrected chi connectivity index (χ1v) is 5.19. The highest BCUT2D eigenvalue weighted by molar-refractivity contribution is 5.20. The van der Waals surface area contributed by atoms with E-state index in [2.05, 4.69) is 6.92 Å². The Morgan fingerprint density at radius 2 is 1.79 bits per heavy atom. The molecule has 1 rings (SSSR count). The van der Waals surface area contributed by atoms with Crippen molar-refractivity contribution in [2.45, 2.75) is 19.8 Å². The van der Waals surface area contributed by atoms with E-state index in [0.29, 0.717) is 13.2 Å². The van der Waals surface area contributed by atoms with Crippen LogP contribution in [0.15, 0.2) is 30.3 Å². The van der Waals surface area contributed by atoms with Crippen LogP contribution in [-0.4, -0.2) is 19.8 Å². The van der Waals surface area contributed by atoms with E-state index < -0.39 is 0 Å². The minimum Gasteiger partial charge on any atom is -0.491 e. The summed E-state index contributed by atoms with van der Waals surface area (Å²) in [5.41, 5.74) is 0. The van der Waals surface area contributed by atoms with Crippen molar-refractivity contribution >= 4 is 0 Å². The molecule has 0 saturated carbocycles. The SMILES string of the molecule is CCCCOCCOc1ccccc1. The summed E-state index contributed by atoms with van der Waals surface area (Å²) in [5, 5.41) is 0. The summed E-state index contributed by atoms with van der Waals surface area (Å²) in [5.74, 6) is 0.909. The molecule has 0 aliphatic heterocycles. The quantitative estimate of drug-likeness (QED) is 0.621. The topological polar surface area (TPSA) is 18.5 Å². The van der Waals surface area contributed by atoms with Crippen LogP contribution in [0.2, 0.25) is 0 Å². The number of hydrogen-bond acceptors (Lipinski definition) is 2. The molecule has 0 atom stereocenters. The van der Waals surface area contributed by atoms with Crippen molar-refractivity contribution in [2.24, 2.45) is 0 Å². The van der Waals surface area contributed by atoms with Crippen LogP contribution in [0.5, 0.6) is 5.75 Å². The second kappa shape index (κ2) is 7.39. The summed E-state index contributed by atoms with van der Waals surface area (Å²) in [7, 11) is 0. The fourth-order valence-corrected chi connectivity index (χ4v) is 1.08. The van der Waals surface area contributed by atoms with Crippen LogP contribution in [0.25, 0.3) is 0 Å². The van der Waals surface area contributed by atoms with Crippen molar-refractivity contribution in [3.8, 4) is 5.75 Å². The van der Waals surface area contributed by atoms with Gasteiger partial charge in [-0.2, -0.15) is 0 Å². The van der Waals surface area contributed by atoms with E-state index >= 15 is 0 Å². The van der Waals surface area contributed by atoms with Crippen LogP contribution in [0.1, 0.15) is 19.8 Å². The average Bonchev–Trinajstić information content (AvgIpc) is 2.25. The first kappa shape index (κ1) is 11.1. The number of benzene rings is 1. The molecule has 1 aromatic carbocycles. The van der Waals surface area contributed by atoms with Gasteiger partial charge in [-0.15, -0.1) is 0 Å². The van der Waals surface area contributed by atoms with Crippen molar-refractivity contribution in [3.05, 3.63) is 30.3 Å². The van der Waals surface area contributed by atoms with Crippen molar-refractivity contribution in [1.82, 2.24) is 0 Å². The van der Waals surface area contributed by atoms with Crippen molar-refractivity contribution in [1.29, 1.82) is 0 Å². The standard InChI is InChI=1S/C12H18O2/c1-2-3-9-13-10-11-14-12-7-5-4-6-8-12/h4-8H,2-3,9-11H2,1H3. The van der Waals surface area contributed by atoms with Gasteiger partial charge in [0.05, 0.1) is 6.61 Å². The summed E-state index contributed by atoms with van der Waals surface area (Å²) in [6.45, 7) is 4.31. The lowest BCUT2D eigenvalue weighted by molar-refractivity contribution is 0.0980. The second-order valence-corrected chi connectivity index (χ2v) is 3.13. The molecular formula is C12H18O2. The lowest BCUT2D eigenvalue weighted by atomic mass is 10.3. The maximum absolute atomic E-state index is 5.46. The highest BCUT2D eigenvalue weighted by atomic mass is 16.5. The highest BCUT2D eigenvalue weighted by Gasteiger charge is 1.91. The number of para-hydroxylation sites is 1. The summed E-state index contributed by atoms with van der Waals surface area (Å²) in [6.07, 6.45) is 2.31. The van der Waals surface area contributed by atoms with Crippen LogP contribution in [-0.2, 0) is 4.74 Å². The first-order chi connectivity index (χ1) is 6.93. The molecule has 0 aliphatic carbocycles. The molecule has 0 saturated heterocycles. The average molecular weight is 194 g/mol. The summed E-state index contributed by atoms with van der Waals surface area (Å²) in [4.78, 5) is 0. The molecular weight excluding hydrogens is 176 g/mol. The third-order valence-corrected chi connectivity index (χ3v) is 1.88. The smallest absolute Gasteiger partial charge is 0.119 e. The third kappa shape index (κ3) is 4.87. The molecule has 14 heavy (non-hydrogen) atoms. The fraction of sp³-hybridized carbons (Fsp3) is 0.500. The molecule has 2 nitrogen and oxygen atoms in total. The predicted molar refractivity (Wildman–Crippen MR) is 57.7 cm³/mol.